The van der Waals surface area contributed by atoms with E-state index >= 15 is 0 Å². The van der Waals surface area contributed by atoms with E-state index in [1.54, 1.807) is 50.3 Å². The van der Waals surface area contributed by atoms with Gasteiger partial charge in [-0.2, -0.15) is 5.10 Å². The fourth-order valence-electron chi connectivity index (χ4n) is 4.13. The van der Waals surface area contributed by atoms with Gasteiger partial charge in [0.2, 0.25) is 5.43 Å². The van der Waals surface area contributed by atoms with Crippen LogP contribution in [0.3, 0.4) is 0 Å². The lowest BCUT2D eigenvalue weighted by molar-refractivity contribution is 0.0724. The zero-order valence-corrected chi connectivity index (χ0v) is 18.2. The van der Waals surface area contributed by atoms with Crippen LogP contribution in [0, 0.1) is 12.7 Å². The second-order valence-corrected chi connectivity index (χ2v) is 7.63. The number of para-hydroxylation sites is 1. The van der Waals surface area contributed by atoms with E-state index in [9.17, 15) is 14.0 Å². The van der Waals surface area contributed by atoms with Crippen LogP contribution in [0.5, 0.6) is 11.5 Å². The maximum atomic E-state index is 14.4. The van der Waals surface area contributed by atoms with E-state index in [1.165, 1.54) is 16.8 Å². The molecule has 0 spiro atoms. The zero-order chi connectivity index (χ0) is 22.8. The molecule has 32 heavy (non-hydrogen) atoms. The Hall–Kier alpha value is -3.68. The minimum Gasteiger partial charge on any atom is -0.497 e. The molecule has 0 N–H and O–H groups in total. The summed E-state index contributed by atoms with van der Waals surface area (Å²) in [4.78, 5) is 27.8. The molecule has 1 saturated heterocycles. The molecule has 1 atom stereocenters. The van der Waals surface area contributed by atoms with Gasteiger partial charge in [0, 0.05) is 29.9 Å². The van der Waals surface area contributed by atoms with Gasteiger partial charge in [-0.1, -0.05) is 12.1 Å². The van der Waals surface area contributed by atoms with Crippen molar-refractivity contribution in [1.82, 2.24) is 14.7 Å². The van der Waals surface area contributed by atoms with Crippen LogP contribution < -0.4 is 14.9 Å². The van der Waals surface area contributed by atoms with Crippen molar-refractivity contribution in [2.45, 2.75) is 25.8 Å². The molecule has 0 bridgehead atoms. The topological polar surface area (TPSA) is 73.7 Å². The number of rotatable bonds is 5. The number of ether oxygens (including phenoxy) is 2. The van der Waals surface area contributed by atoms with Gasteiger partial charge in [-0.25, -0.2) is 9.07 Å². The van der Waals surface area contributed by atoms with Crippen molar-refractivity contribution in [2.24, 2.45) is 0 Å². The molecule has 1 fully saturated rings. The Labute approximate surface area is 185 Å². The lowest BCUT2D eigenvalue weighted by Crippen LogP contribution is -2.36. The highest BCUT2D eigenvalue weighted by Gasteiger charge is 2.34. The van der Waals surface area contributed by atoms with E-state index in [0.717, 1.165) is 18.4 Å². The van der Waals surface area contributed by atoms with Gasteiger partial charge in [0.1, 0.15) is 23.0 Å². The Morgan fingerprint density at radius 3 is 2.62 bits per heavy atom. The van der Waals surface area contributed by atoms with Gasteiger partial charge in [0.15, 0.2) is 5.69 Å². The van der Waals surface area contributed by atoms with E-state index < -0.39 is 17.2 Å². The van der Waals surface area contributed by atoms with Gasteiger partial charge in [-0.15, -0.1) is 0 Å². The van der Waals surface area contributed by atoms with Crippen LogP contribution in [0.1, 0.15) is 40.6 Å². The average Bonchev–Trinajstić information content (AvgIpc) is 3.28. The summed E-state index contributed by atoms with van der Waals surface area (Å²) in [5.41, 5.74) is 0.714. The summed E-state index contributed by atoms with van der Waals surface area (Å²) in [6.45, 7) is 2.13. The number of nitrogens with zero attached hydrogens (tertiary/aromatic N) is 3. The minimum absolute atomic E-state index is 0.175. The van der Waals surface area contributed by atoms with Crippen molar-refractivity contribution in [3.05, 3.63) is 81.5 Å². The number of amides is 1. The number of aromatic nitrogens is 2. The molecular weight excluding hydrogens is 413 g/mol. The summed E-state index contributed by atoms with van der Waals surface area (Å²) < 4.78 is 26.4. The van der Waals surface area contributed by atoms with Gasteiger partial charge < -0.3 is 14.4 Å². The number of aryl methyl sites for hydroxylation is 1. The van der Waals surface area contributed by atoms with Gasteiger partial charge in [-0.05, 0) is 44.0 Å². The van der Waals surface area contributed by atoms with Crippen LogP contribution in [0.25, 0.3) is 5.69 Å². The van der Waals surface area contributed by atoms with Crippen LogP contribution in [0.4, 0.5) is 4.39 Å². The molecule has 1 aliphatic heterocycles. The third kappa shape index (κ3) is 3.84. The number of hydrogen-bond acceptors (Lipinski definition) is 5. The van der Waals surface area contributed by atoms with Crippen molar-refractivity contribution in [1.29, 1.82) is 0 Å². The lowest BCUT2D eigenvalue weighted by Gasteiger charge is -2.26. The Morgan fingerprint density at radius 1 is 1.12 bits per heavy atom. The first-order chi connectivity index (χ1) is 15.4. The second-order valence-electron chi connectivity index (χ2n) is 7.63. The molecule has 0 saturated carbocycles. The molecule has 7 nitrogen and oxygen atoms in total. The zero-order valence-electron chi connectivity index (χ0n) is 18.2. The highest BCUT2D eigenvalue weighted by Crippen LogP contribution is 2.39. The molecule has 0 radical (unpaired) electrons. The van der Waals surface area contributed by atoms with E-state index in [1.807, 2.05) is 12.1 Å². The number of carbonyl (C=O) groups excluding carboxylic acids is 1. The van der Waals surface area contributed by atoms with Gasteiger partial charge in [0.05, 0.1) is 20.3 Å². The molecule has 166 valence electrons. The molecule has 2 aromatic carbocycles. The third-order valence-electron chi connectivity index (χ3n) is 5.70. The minimum atomic E-state index is -0.493. The molecule has 1 aromatic heterocycles. The molecule has 1 amide bonds. The molecular formula is C24H24FN3O4. The van der Waals surface area contributed by atoms with Crippen molar-refractivity contribution < 1.29 is 18.7 Å². The van der Waals surface area contributed by atoms with Crippen LogP contribution in [0.15, 0.2) is 53.3 Å². The van der Waals surface area contributed by atoms with Crippen LogP contribution in [-0.2, 0) is 0 Å². The predicted molar refractivity (Wildman–Crippen MR) is 117 cm³/mol. The fourth-order valence-corrected chi connectivity index (χ4v) is 4.13. The van der Waals surface area contributed by atoms with Gasteiger partial charge >= 0.3 is 0 Å². The normalized spacial score (nSPS) is 15.6. The van der Waals surface area contributed by atoms with Gasteiger partial charge in [0.25, 0.3) is 5.91 Å². The van der Waals surface area contributed by atoms with Gasteiger partial charge in [-0.3, -0.25) is 9.59 Å². The van der Waals surface area contributed by atoms with E-state index in [4.69, 9.17) is 9.47 Å². The molecule has 1 aliphatic rings. The largest absolute Gasteiger partial charge is 0.497 e. The molecule has 0 aliphatic carbocycles. The van der Waals surface area contributed by atoms with Crippen molar-refractivity contribution in [2.75, 3.05) is 20.8 Å². The Balaban J connectivity index is 1.74. The van der Waals surface area contributed by atoms with E-state index in [0.29, 0.717) is 23.7 Å². The predicted octanol–water partition coefficient (Wildman–Crippen LogP) is 3.67. The molecule has 0 unspecified atom stereocenters. The monoisotopic (exact) mass is 437 g/mol. The van der Waals surface area contributed by atoms with E-state index in [2.05, 4.69) is 5.10 Å². The van der Waals surface area contributed by atoms with Crippen molar-refractivity contribution in [3.8, 4) is 17.2 Å². The maximum absolute atomic E-state index is 14.4. The number of hydrogen-bond donors (Lipinski definition) is 0. The number of methoxy groups -OCH3 is 2. The fraction of sp³-hybridized carbons (Fsp3) is 0.292. The molecule has 4 rings (SSSR count). The van der Waals surface area contributed by atoms with Crippen LogP contribution in [0.2, 0.25) is 0 Å². The van der Waals surface area contributed by atoms with Crippen LogP contribution in [-0.4, -0.2) is 41.4 Å². The first-order valence-electron chi connectivity index (χ1n) is 10.3. The summed E-state index contributed by atoms with van der Waals surface area (Å²) >= 11 is 0. The Kier molecular flexibility index (Phi) is 5.94. The number of likely N-dealkylation sites (tertiary alicyclic amines) is 1. The highest BCUT2D eigenvalue weighted by molar-refractivity contribution is 5.92. The molecule has 3 aromatic rings. The Bertz CT molecular complexity index is 1220. The average molecular weight is 437 g/mol. The number of carbonyl (C=O) groups is 1. The summed E-state index contributed by atoms with van der Waals surface area (Å²) in [5, 5.41) is 4.27. The second kappa shape index (κ2) is 8.82. The lowest BCUT2D eigenvalue weighted by atomic mass is 10.0. The molecule has 2 heterocycles. The molecule has 8 heteroatoms. The maximum Gasteiger partial charge on any atom is 0.278 e. The first kappa shape index (κ1) is 21.5. The highest BCUT2D eigenvalue weighted by atomic mass is 19.1. The summed E-state index contributed by atoms with van der Waals surface area (Å²) in [7, 11) is 3.14. The van der Waals surface area contributed by atoms with Crippen molar-refractivity contribution >= 4 is 5.91 Å². The Morgan fingerprint density at radius 2 is 1.91 bits per heavy atom. The quantitative estimate of drug-likeness (QED) is 0.609. The summed E-state index contributed by atoms with van der Waals surface area (Å²) in [5.74, 6) is 0.275. The summed E-state index contributed by atoms with van der Waals surface area (Å²) in [6, 6.07) is 12.6. The smallest absolute Gasteiger partial charge is 0.278 e. The van der Waals surface area contributed by atoms with Crippen LogP contribution >= 0.6 is 0 Å². The number of halogens is 1. The summed E-state index contributed by atoms with van der Waals surface area (Å²) in [6.07, 6.45) is 1.50. The first-order valence-corrected chi connectivity index (χ1v) is 10.3. The standard InChI is InChI=1S/C24H24FN3O4/c1-15-13-21(29)23(26-28(15)20-8-5-4-7-18(20)25)24(30)27-12-6-9-19(27)17-11-10-16(31-2)14-22(17)32-3/h4-5,7-8,10-11,13-14,19H,6,9,12H2,1-3H3/t19-/m0/s1. The van der Waals surface area contributed by atoms with E-state index in [-0.39, 0.29) is 17.4 Å². The van der Waals surface area contributed by atoms with Crippen molar-refractivity contribution in [3.63, 3.8) is 0 Å². The SMILES string of the molecule is COc1ccc([C@@H]2CCCN2C(=O)c2nn(-c3ccccc3F)c(C)cc2=O)c(OC)c1. The number of benzene rings is 2. The third-order valence-corrected chi connectivity index (χ3v) is 5.70.